The monoisotopic (exact) mass is 281 g/mol. The Hall–Kier alpha value is -2.64. The van der Waals surface area contributed by atoms with Crippen LogP contribution in [-0.4, -0.2) is 26.1 Å². The summed E-state index contributed by atoms with van der Waals surface area (Å²) >= 11 is 0. The standard InChI is InChI=1S/C17H15NO3/c1-20-11-16(19)12-21-17-8-6-15(7-9-17)14-4-2-13(10-18)3-5-14/h2-9H,11-12H2,1H3. The third-order valence-corrected chi connectivity index (χ3v) is 2.91. The van der Waals surface area contributed by atoms with Gasteiger partial charge in [-0.25, -0.2) is 0 Å². The highest BCUT2D eigenvalue weighted by Crippen LogP contribution is 2.22. The maximum atomic E-state index is 11.3. The zero-order valence-electron chi connectivity index (χ0n) is 11.7. The summed E-state index contributed by atoms with van der Waals surface area (Å²) in [5, 5.41) is 8.77. The van der Waals surface area contributed by atoms with Gasteiger partial charge in [-0.15, -0.1) is 0 Å². The number of carbonyl (C=O) groups excluding carboxylic acids is 1. The number of hydrogen-bond donors (Lipinski definition) is 0. The number of rotatable bonds is 6. The summed E-state index contributed by atoms with van der Waals surface area (Å²) in [4.78, 5) is 11.3. The molecule has 0 unspecified atom stereocenters. The molecule has 0 saturated carbocycles. The molecule has 0 fully saturated rings. The van der Waals surface area contributed by atoms with Crippen LogP contribution in [0.5, 0.6) is 5.75 Å². The van der Waals surface area contributed by atoms with Crippen molar-refractivity contribution >= 4 is 5.78 Å². The molecular formula is C17H15NO3. The third kappa shape index (κ3) is 4.16. The van der Waals surface area contributed by atoms with Crippen molar-refractivity contribution in [1.29, 1.82) is 5.26 Å². The zero-order chi connectivity index (χ0) is 15.1. The Kier molecular flexibility index (Phi) is 5.08. The quantitative estimate of drug-likeness (QED) is 0.817. The van der Waals surface area contributed by atoms with E-state index in [1.54, 1.807) is 12.1 Å². The Morgan fingerprint density at radius 2 is 1.57 bits per heavy atom. The first-order valence-electron chi connectivity index (χ1n) is 6.47. The van der Waals surface area contributed by atoms with E-state index in [1.165, 1.54) is 7.11 Å². The number of Topliss-reactive ketones (excluding diaryl/α,β-unsaturated/α-hetero) is 1. The summed E-state index contributed by atoms with van der Waals surface area (Å²) in [6.45, 7) is 0.0629. The lowest BCUT2D eigenvalue weighted by molar-refractivity contribution is -0.124. The van der Waals surface area contributed by atoms with Gasteiger partial charge in [0, 0.05) is 7.11 Å². The largest absolute Gasteiger partial charge is 0.486 e. The fourth-order valence-corrected chi connectivity index (χ4v) is 1.85. The Balaban J connectivity index is 2.01. The van der Waals surface area contributed by atoms with E-state index in [0.29, 0.717) is 11.3 Å². The Morgan fingerprint density at radius 1 is 1.00 bits per heavy atom. The van der Waals surface area contributed by atoms with Crippen molar-refractivity contribution in [3.05, 3.63) is 54.1 Å². The smallest absolute Gasteiger partial charge is 0.195 e. The number of nitriles is 1. The summed E-state index contributed by atoms with van der Waals surface area (Å²) < 4.78 is 10.1. The molecule has 0 bridgehead atoms. The molecule has 0 aromatic heterocycles. The number of hydrogen-bond acceptors (Lipinski definition) is 4. The number of methoxy groups -OCH3 is 1. The van der Waals surface area contributed by atoms with Crippen LogP contribution >= 0.6 is 0 Å². The van der Waals surface area contributed by atoms with Crippen LogP contribution in [0.2, 0.25) is 0 Å². The summed E-state index contributed by atoms with van der Waals surface area (Å²) in [6.07, 6.45) is 0. The molecule has 0 heterocycles. The summed E-state index contributed by atoms with van der Waals surface area (Å²) in [5.41, 5.74) is 2.68. The second kappa shape index (κ2) is 7.22. The van der Waals surface area contributed by atoms with Crippen molar-refractivity contribution in [2.45, 2.75) is 0 Å². The maximum Gasteiger partial charge on any atom is 0.195 e. The van der Waals surface area contributed by atoms with Crippen molar-refractivity contribution in [3.63, 3.8) is 0 Å². The fourth-order valence-electron chi connectivity index (χ4n) is 1.85. The first-order valence-corrected chi connectivity index (χ1v) is 6.47. The van der Waals surface area contributed by atoms with Crippen LogP contribution in [0.1, 0.15) is 5.56 Å². The average Bonchev–Trinajstić information content (AvgIpc) is 2.54. The van der Waals surface area contributed by atoms with E-state index < -0.39 is 0 Å². The molecular weight excluding hydrogens is 266 g/mol. The molecule has 106 valence electrons. The highest BCUT2D eigenvalue weighted by molar-refractivity contribution is 5.81. The summed E-state index contributed by atoms with van der Waals surface area (Å²) in [7, 11) is 1.48. The predicted octanol–water partition coefficient (Wildman–Crippen LogP) is 2.82. The van der Waals surface area contributed by atoms with E-state index in [0.717, 1.165) is 11.1 Å². The molecule has 0 amide bonds. The number of ketones is 1. The second-order valence-electron chi connectivity index (χ2n) is 4.47. The molecule has 0 radical (unpaired) electrons. The number of carbonyl (C=O) groups is 1. The van der Waals surface area contributed by atoms with E-state index in [9.17, 15) is 4.79 Å². The van der Waals surface area contributed by atoms with Crippen molar-refractivity contribution < 1.29 is 14.3 Å². The van der Waals surface area contributed by atoms with Gasteiger partial charge in [-0.2, -0.15) is 5.26 Å². The van der Waals surface area contributed by atoms with Gasteiger partial charge in [0.25, 0.3) is 0 Å². The van der Waals surface area contributed by atoms with Crippen LogP contribution in [0.4, 0.5) is 0 Å². The van der Waals surface area contributed by atoms with Crippen LogP contribution < -0.4 is 4.74 Å². The minimum Gasteiger partial charge on any atom is -0.486 e. The molecule has 2 aromatic rings. The molecule has 2 aromatic carbocycles. The SMILES string of the molecule is COCC(=O)COc1ccc(-c2ccc(C#N)cc2)cc1. The molecule has 0 aliphatic heterocycles. The Bertz CT molecular complexity index is 639. The van der Waals surface area contributed by atoms with E-state index >= 15 is 0 Å². The van der Waals surface area contributed by atoms with Gasteiger partial charge in [0.1, 0.15) is 19.0 Å². The first kappa shape index (κ1) is 14.8. The molecule has 0 aliphatic rings. The average molecular weight is 281 g/mol. The summed E-state index contributed by atoms with van der Waals surface area (Å²) in [5.74, 6) is 0.533. The third-order valence-electron chi connectivity index (χ3n) is 2.91. The number of nitrogens with zero attached hydrogens (tertiary/aromatic N) is 1. The maximum absolute atomic E-state index is 11.3. The van der Waals surface area contributed by atoms with Gasteiger partial charge < -0.3 is 9.47 Å². The first-order chi connectivity index (χ1) is 10.2. The molecule has 2 rings (SSSR count). The fraction of sp³-hybridized carbons (Fsp3) is 0.176. The lowest BCUT2D eigenvalue weighted by atomic mass is 10.0. The van der Waals surface area contributed by atoms with Gasteiger partial charge in [-0.3, -0.25) is 4.79 Å². The van der Waals surface area contributed by atoms with Crippen LogP contribution in [0.15, 0.2) is 48.5 Å². The van der Waals surface area contributed by atoms with Crippen LogP contribution in [0, 0.1) is 11.3 Å². The van der Waals surface area contributed by atoms with E-state index in [-0.39, 0.29) is 19.0 Å². The summed E-state index contributed by atoms with van der Waals surface area (Å²) in [6, 6.07) is 16.9. The van der Waals surface area contributed by atoms with Crippen LogP contribution in [0.25, 0.3) is 11.1 Å². The molecule has 0 atom stereocenters. The molecule has 21 heavy (non-hydrogen) atoms. The highest BCUT2D eigenvalue weighted by atomic mass is 16.5. The topological polar surface area (TPSA) is 59.3 Å². The molecule has 4 nitrogen and oxygen atoms in total. The lowest BCUT2D eigenvalue weighted by Gasteiger charge is -2.07. The van der Waals surface area contributed by atoms with Crippen molar-refractivity contribution in [2.75, 3.05) is 20.3 Å². The Labute approximate surface area is 123 Å². The van der Waals surface area contributed by atoms with Gasteiger partial charge >= 0.3 is 0 Å². The van der Waals surface area contributed by atoms with Gasteiger partial charge in [-0.05, 0) is 35.4 Å². The molecule has 0 spiro atoms. The van der Waals surface area contributed by atoms with E-state index in [2.05, 4.69) is 6.07 Å². The van der Waals surface area contributed by atoms with Crippen LogP contribution in [0.3, 0.4) is 0 Å². The van der Waals surface area contributed by atoms with Gasteiger partial charge in [-0.1, -0.05) is 24.3 Å². The van der Waals surface area contributed by atoms with Crippen molar-refractivity contribution in [2.24, 2.45) is 0 Å². The van der Waals surface area contributed by atoms with Crippen molar-refractivity contribution in [3.8, 4) is 22.9 Å². The minimum absolute atomic E-state index is 0.00402. The van der Waals surface area contributed by atoms with Crippen molar-refractivity contribution in [1.82, 2.24) is 0 Å². The Morgan fingerprint density at radius 3 is 2.10 bits per heavy atom. The minimum atomic E-state index is -0.103. The van der Waals surface area contributed by atoms with E-state index in [4.69, 9.17) is 14.7 Å². The van der Waals surface area contributed by atoms with Gasteiger partial charge in [0.2, 0.25) is 0 Å². The van der Waals surface area contributed by atoms with Gasteiger partial charge in [0.05, 0.1) is 11.6 Å². The van der Waals surface area contributed by atoms with E-state index in [1.807, 2.05) is 36.4 Å². The predicted molar refractivity (Wildman–Crippen MR) is 79.0 cm³/mol. The lowest BCUT2D eigenvalue weighted by Crippen LogP contribution is -2.16. The van der Waals surface area contributed by atoms with Crippen LogP contribution in [-0.2, 0) is 9.53 Å². The zero-order valence-corrected chi connectivity index (χ0v) is 11.7. The highest BCUT2D eigenvalue weighted by Gasteiger charge is 2.03. The second-order valence-corrected chi connectivity index (χ2v) is 4.47. The molecule has 0 saturated heterocycles. The molecule has 0 aliphatic carbocycles. The number of ether oxygens (including phenoxy) is 2. The molecule has 4 heteroatoms. The van der Waals surface area contributed by atoms with Gasteiger partial charge in [0.15, 0.2) is 5.78 Å². The molecule has 0 N–H and O–H groups in total. The number of benzene rings is 2. The normalized spacial score (nSPS) is 9.90.